The maximum Gasteiger partial charge on any atom is 0.328 e. The fraction of sp³-hybridized carbons (Fsp3) is 0.367. The third kappa shape index (κ3) is 7.75. The molecule has 2 heterocycles. The first kappa shape index (κ1) is 28.9. The summed E-state index contributed by atoms with van der Waals surface area (Å²) in [5.74, 6) is -0.232. The van der Waals surface area contributed by atoms with E-state index in [1.54, 1.807) is 48.6 Å². The maximum atomic E-state index is 12.7. The highest BCUT2D eigenvalue weighted by Gasteiger charge is 2.27. The molecule has 210 valence electrons. The van der Waals surface area contributed by atoms with Crippen molar-refractivity contribution in [2.75, 3.05) is 20.2 Å². The first-order chi connectivity index (χ1) is 19.3. The zero-order valence-corrected chi connectivity index (χ0v) is 23.4. The van der Waals surface area contributed by atoms with E-state index in [9.17, 15) is 19.2 Å². The van der Waals surface area contributed by atoms with Gasteiger partial charge in [-0.05, 0) is 49.6 Å². The molecule has 1 aliphatic rings. The van der Waals surface area contributed by atoms with Crippen LogP contribution in [0.3, 0.4) is 0 Å². The third-order valence-electron chi connectivity index (χ3n) is 6.85. The molecule has 2 aromatic carbocycles. The highest BCUT2D eigenvalue weighted by Crippen LogP contribution is 2.30. The van der Waals surface area contributed by atoms with Crippen LogP contribution >= 0.6 is 11.3 Å². The van der Waals surface area contributed by atoms with Gasteiger partial charge in [0.1, 0.15) is 24.1 Å². The van der Waals surface area contributed by atoms with Gasteiger partial charge in [-0.25, -0.2) is 9.78 Å². The molecule has 1 aromatic heterocycles. The Balaban J connectivity index is 1.20. The minimum absolute atomic E-state index is 0.0346. The number of carbonyl (C=O) groups excluding carboxylic acids is 4. The Kier molecular flexibility index (Phi) is 10.0. The van der Waals surface area contributed by atoms with Crippen LogP contribution in [0.25, 0.3) is 0 Å². The minimum atomic E-state index is -0.813. The van der Waals surface area contributed by atoms with Crippen LogP contribution in [0, 0.1) is 0 Å². The second-order valence-electron chi connectivity index (χ2n) is 9.67. The smallest absolute Gasteiger partial charge is 0.328 e. The summed E-state index contributed by atoms with van der Waals surface area (Å²) in [4.78, 5) is 56.4. The summed E-state index contributed by atoms with van der Waals surface area (Å²) in [5, 5.41) is 5.18. The van der Waals surface area contributed by atoms with E-state index in [4.69, 9.17) is 9.47 Å². The van der Waals surface area contributed by atoms with Crippen LogP contribution in [0.4, 0.5) is 0 Å². The number of amides is 2. The monoisotopic (exact) mass is 563 g/mol. The van der Waals surface area contributed by atoms with Crippen LogP contribution < -0.4 is 10.1 Å². The second kappa shape index (κ2) is 13.8. The number of esters is 1. The van der Waals surface area contributed by atoms with Crippen LogP contribution in [-0.4, -0.2) is 59.7 Å². The zero-order valence-electron chi connectivity index (χ0n) is 22.6. The van der Waals surface area contributed by atoms with E-state index < -0.39 is 17.9 Å². The number of aromatic nitrogens is 1. The Morgan fingerprint density at radius 3 is 2.40 bits per heavy atom. The van der Waals surface area contributed by atoms with E-state index in [-0.39, 0.29) is 42.8 Å². The number of methoxy groups -OCH3 is 1. The fourth-order valence-corrected chi connectivity index (χ4v) is 5.41. The van der Waals surface area contributed by atoms with E-state index in [1.807, 2.05) is 30.3 Å². The summed E-state index contributed by atoms with van der Waals surface area (Å²) >= 11 is 1.41. The topological polar surface area (TPSA) is 115 Å². The zero-order chi connectivity index (χ0) is 28.5. The average Bonchev–Trinajstić information content (AvgIpc) is 3.50. The molecule has 1 N–H and O–H groups in total. The van der Waals surface area contributed by atoms with Crippen molar-refractivity contribution < 1.29 is 28.7 Å². The second-order valence-corrected chi connectivity index (χ2v) is 10.6. The molecule has 0 aliphatic carbocycles. The number of piperidine rings is 1. The first-order valence-electron chi connectivity index (χ1n) is 13.3. The SMILES string of the molecule is COc1ccc(C(=O)CCC(=O)N2CCC(c3nc(C(=O)NC(C)C(=O)OCc4ccccc4)cs3)CC2)cc1. The van der Waals surface area contributed by atoms with Gasteiger partial charge in [-0.1, -0.05) is 30.3 Å². The number of likely N-dealkylation sites (tertiary alicyclic amines) is 1. The quantitative estimate of drug-likeness (QED) is 0.272. The van der Waals surface area contributed by atoms with Crippen molar-refractivity contribution in [2.24, 2.45) is 0 Å². The third-order valence-corrected chi connectivity index (χ3v) is 7.86. The molecule has 1 atom stereocenters. The van der Waals surface area contributed by atoms with Crippen molar-refractivity contribution in [3.05, 3.63) is 81.8 Å². The van der Waals surface area contributed by atoms with Crippen molar-refractivity contribution in [1.82, 2.24) is 15.2 Å². The maximum absolute atomic E-state index is 12.7. The lowest BCUT2D eigenvalue weighted by molar-refractivity contribution is -0.146. The molecule has 1 fully saturated rings. The number of thiazole rings is 1. The molecule has 1 unspecified atom stereocenters. The van der Waals surface area contributed by atoms with Crippen molar-refractivity contribution in [2.45, 2.75) is 51.2 Å². The summed E-state index contributed by atoms with van der Waals surface area (Å²) in [5.41, 5.74) is 1.70. The largest absolute Gasteiger partial charge is 0.497 e. The summed E-state index contributed by atoms with van der Waals surface area (Å²) in [6.45, 7) is 2.87. The van der Waals surface area contributed by atoms with Crippen LogP contribution in [0.1, 0.15) is 69.9 Å². The number of carbonyl (C=O) groups is 4. The number of hydrogen-bond acceptors (Lipinski definition) is 8. The molecule has 1 saturated heterocycles. The molecule has 0 bridgehead atoms. The highest BCUT2D eigenvalue weighted by atomic mass is 32.1. The Bertz CT molecular complexity index is 1320. The Morgan fingerprint density at radius 1 is 1.02 bits per heavy atom. The number of nitrogens with zero attached hydrogens (tertiary/aromatic N) is 2. The molecule has 4 rings (SSSR count). The number of benzene rings is 2. The highest BCUT2D eigenvalue weighted by molar-refractivity contribution is 7.09. The lowest BCUT2D eigenvalue weighted by Gasteiger charge is -2.31. The predicted molar refractivity (Wildman–Crippen MR) is 150 cm³/mol. The molecular formula is C30H33N3O6S. The van der Waals surface area contributed by atoms with Crippen molar-refractivity contribution in [3.8, 4) is 5.75 Å². The molecule has 40 heavy (non-hydrogen) atoms. The van der Waals surface area contributed by atoms with E-state index in [2.05, 4.69) is 10.3 Å². The lowest BCUT2D eigenvalue weighted by Crippen LogP contribution is -2.39. The number of rotatable bonds is 11. The van der Waals surface area contributed by atoms with Crippen LogP contribution in [0.15, 0.2) is 60.0 Å². The number of hydrogen-bond donors (Lipinski definition) is 1. The molecular weight excluding hydrogens is 530 g/mol. The van der Waals surface area contributed by atoms with Gasteiger partial charge in [-0.3, -0.25) is 14.4 Å². The Hall–Kier alpha value is -4.05. The van der Waals surface area contributed by atoms with E-state index in [1.165, 1.54) is 11.3 Å². The van der Waals surface area contributed by atoms with Gasteiger partial charge >= 0.3 is 5.97 Å². The average molecular weight is 564 g/mol. The lowest BCUT2D eigenvalue weighted by atomic mass is 9.97. The summed E-state index contributed by atoms with van der Waals surface area (Å²) < 4.78 is 10.4. The summed E-state index contributed by atoms with van der Waals surface area (Å²) in [6, 6.07) is 15.4. The Morgan fingerprint density at radius 2 is 1.73 bits per heavy atom. The first-order valence-corrected chi connectivity index (χ1v) is 14.1. The van der Waals surface area contributed by atoms with Gasteiger partial charge in [0.05, 0.1) is 12.1 Å². The molecule has 1 aliphatic heterocycles. The fourth-order valence-electron chi connectivity index (χ4n) is 4.44. The standard InChI is InChI=1S/C30H33N3O6S/c1-20(30(37)39-18-21-6-4-3-5-7-21)31-28(36)25-19-40-29(32-25)23-14-16-33(17-15-23)27(35)13-12-26(34)22-8-10-24(38-2)11-9-22/h3-11,19-20,23H,12-18H2,1-2H3,(H,31,36). The Labute approximate surface area is 237 Å². The van der Waals surface area contributed by atoms with Crippen molar-refractivity contribution >= 4 is 34.9 Å². The van der Waals surface area contributed by atoms with Gasteiger partial charge in [0.25, 0.3) is 5.91 Å². The molecule has 0 saturated carbocycles. The number of Topliss-reactive ketones (excluding diaryl/α,β-unsaturated/α-hetero) is 1. The van der Waals surface area contributed by atoms with Gasteiger partial charge in [0, 0.05) is 42.8 Å². The number of ketones is 1. The molecule has 10 heteroatoms. The minimum Gasteiger partial charge on any atom is -0.497 e. The van der Waals surface area contributed by atoms with Crippen LogP contribution in [-0.2, 0) is 20.9 Å². The molecule has 3 aromatic rings. The van der Waals surface area contributed by atoms with Crippen LogP contribution in [0.5, 0.6) is 5.75 Å². The molecule has 0 spiro atoms. The number of nitrogens with one attached hydrogen (secondary N) is 1. The van der Waals surface area contributed by atoms with E-state index in [0.29, 0.717) is 24.4 Å². The van der Waals surface area contributed by atoms with Crippen LogP contribution in [0.2, 0.25) is 0 Å². The molecule has 2 amide bonds. The van der Waals surface area contributed by atoms with Gasteiger partial charge < -0.3 is 19.7 Å². The normalized spacial score (nSPS) is 14.3. The molecule has 9 nitrogen and oxygen atoms in total. The van der Waals surface area contributed by atoms with Gasteiger partial charge in [0.15, 0.2) is 5.78 Å². The van der Waals surface area contributed by atoms with E-state index in [0.717, 1.165) is 23.4 Å². The predicted octanol–water partition coefficient (Wildman–Crippen LogP) is 4.38. The summed E-state index contributed by atoms with van der Waals surface area (Å²) in [7, 11) is 1.57. The van der Waals surface area contributed by atoms with E-state index >= 15 is 0 Å². The van der Waals surface area contributed by atoms with Gasteiger partial charge in [-0.2, -0.15) is 0 Å². The van der Waals surface area contributed by atoms with Crippen molar-refractivity contribution in [3.63, 3.8) is 0 Å². The van der Waals surface area contributed by atoms with Crippen molar-refractivity contribution in [1.29, 1.82) is 0 Å². The summed E-state index contributed by atoms with van der Waals surface area (Å²) in [6.07, 6.45) is 1.79. The number of ether oxygens (including phenoxy) is 2. The molecule has 0 radical (unpaired) electrons. The van der Waals surface area contributed by atoms with Gasteiger partial charge in [-0.15, -0.1) is 11.3 Å². The van der Waals surface area contributed by atoms with Gasteiger partial charge in [0.2, 0.25) is 5.91 Å².